The van der Waals surface area contributed by atoms with Gasteiger partial charge in [-0.2, -0.15) is 0 Å². The summed E-state index contributed by atoms with van der Waals surface area (Å²) in [6.07, 6.45) is 6.23. The molecule has 1 fully saturated rings. The lowest BCUT2D eigenvalue weighted by molar-refractivity contribution is 0.106. The highest BCUT2D eigenvalue weighted by Gasteiger charge is 2.33. The number of methoxy groups -OCH3 is 2. The molecule has 5 heteroatoms. The number of benzene rings is 1. The number of aliphatic imine (C=N–C) groups is 1. The van der Waals surface area contributed by atoms with E-state index in [-0.39, 0.29) is 6.10 Å². The van der Waals surface area contributed by atoms with E-state index in [1.165, 1.54) is 31.2 Å². The van der Waals surface area contributed by atoms with Crippen LogP contribution in [0.1, 0.15) is 50.7 Å². The Hall–Kier alpha value is -1.59. The number of nitrogens with one attached hydrogen (secondary N) is 2. The van der Waals surface area contributed by atoms with Gasteiger partial charge >= 0.3 is 0 Å². The first kappa shape index (κ1) is 20.7. The third-order valence-electron chi connectivity index (χ3n) is 5.33. The zero-order valence-electron chi connectivity index (χ0n) is 16.6. The molecule has 146 valence electrons. The fraction of sp³-hybridized carbons (Fsp3) is 0.667. The summed E-state index contributed by atoms with van der Waals surface area (Å²) >= 11 is 0. The topological polar surface area (TPSA) is 54.9 Å². The highest BCUT2D eigenvalue weighted by atomic mass is 16.5. The van der Waals surface area contributed by atoms with E-state index in [0.717, 1.165) is 32.1 Å². The van der Waals surface area contributed by atoms with Crippen LogP contribution >= 0.6 is 0 Å². The summed E-state index contributed by atoms with van der Waals surface area (Å²) in [6.45, 7) is 5.31. The Bertz CT molecular complexity index is 527. The zero-order valence-corrected chi connectivity index (χ0v) is 16.6. The van der Waals surface area contributed by atoms with Crippen LogP contribution in [-0.4, -0.2) is 46.4 Å². The number of ether oxygens (including phenoxy) is 2. The molecule has 1 saturated carbocycles. The van der Waals surface area contributed by atoms with Crippen LogP contribution < -0.4 is 10.6 Å². The normalized spacial score (nSPS) is 17.9. The maximum atomic E-state index is 5.65. The summed E-state index contributed by atoms with van der Waals surface area (Å²) in [6, 6.07) is 10.3. The summed E-state index contributed by atoms with van der Waals surface area (Å²) in [5.41, 5.74) is 1.48. The van der Waals surface area contributed by atoms with Crippen molar-refractivity contribution in [1.82, 2.24) is 10.6 Å². The average molecular weight is 362 g/mol. The Labute approximate surface area is 158 Å². The third-order valence-corrected chi connectivity index (χ3v) is 5.33. The van der Waals surface area contributed by atoms with E-state index in [2.05, 4.69) is 29.7 Å². The first-order valence-corrected chi connectivity index (χ1v) is 9.82. The molecule has 1 aromatic rings. The maximum absolute atomic E-state index is 5.65. The van der Waals surface area contributed by atoms with Gasteiger partial charge in [-0.3, -0.25) is 4.99 Å². The molecule has 1 aliphatic rings. The van der Waals surface area contributed by atoms with Gasteiger partial charge in [0.25, 0.3) is 0 Å². The molecular weight excluding hydrogens is 326 g/mol. The number of guanidine groups is 1. The van der Waals surface area contributed by atoms with Crippen LogP contribution in [0, 0.1) is 5.41 Å². The van der Waals surface area contributed by atoms with Crippen LogP contribution in [0.3, 0.4) is 0 Å². The Balaban J connectivity index is 1.97. The molecule has 1 atom stereocenters. The zero-order chi connectivity index (χ0) is 18.7. The van der Waals surface area contributed by atoms with Crippen molar-refractivity contribution in [2.24, 2.45) is 10.4 Å². The molecule has 0 aromatic heterocycles. The van der Waals surface area contributed by atoms with Gasteiger partial charge in [-0.15, -0.1) is 0 Å². The Morgan fingerprint density at radius 3 is 2.50 bits per heavy atom. The van der Waals surface area contributed by atoms with E-state index in [4.69, 9.17) is 14.5 Å². The van der Waals surface area contributed by atoms with Gasteiger partial charge in [0.05, 0.1) is 6.10 Å². The molecule has 0 amide bonds. The fourth-order valence-electron chi connectivity index (χ4n) is 3.71. The third kappa shape index (κ3) is 6.29. The smallest absolute Gasteiger partial charge is 0.191 e. The highest BCUT2D eigenvalue weighted by molar-refractivity contribution is 5.79. The molecule has 0 bridgehead atoms. The second kappa shape index (κ2) is 11.2. The van der Waals surface area contributed by atoms with E-state index in [1.54, 1.807) is 14.2 Å². The molecule has 1 aliphatic carbocycles. The van der Waals surface area contributed by atoms with Gasteiger partial charge in [0, 0.05) is 40.5 Å². The second-order valence-electron chi connectivity index (χ2n) is 7.16. The van der Waals surface area contributed by atoms with E-state index in [1.807, 2.05) is 18.2 Å². The molecule has 1 unspecified atom stereocenters. The Morgan fingerprint density at radius 2 is 1.88 bits per heavy atom. The monoisotopic (exact) mass is 361 g/mol. The van der Waals surface area contributed by atoms with Crippen molar-refractivity contribution in [2.75, 3.05) is 40.5 Å². The van der Waals surface area contributed by atoms with Crippen molar-refractivity contribution >= 4 is 5.96 Å². The Morgan fingerprint density at radius 1 is 1.15 bits per heavy atom. The number of nitrogens with zero attached hydrogens (tertiary/aromatic N) is 1. The standard InChI is InChI=1S/C21H35N3O2/c1-4-22-20(23-16-19(26-3)18-10-6-5-7-11-18)24-17-21(14-15-25-2)12-8-9-13-21/h5-7,10-11,19H,4,8-9,12-17H2,1-3H3,(H2,22,23,24). The molecule has 0 spiro atoms. The van der Waals surface area contributed by atoms with Crippen LogP contribution in [0.2, 0.25) is 0 Å². The number of hydrogen-bond acceptors (Lipinski definition) is 3. The van der Waals surface area contributed by atoms with Crippen LogP contribution in [0.4, 0.5) is 0 Å². The summed E-state index contributed by atoms with van der Waals surface area (Å²) in [7, 11) is 3.54. The lowest BCUT2D eigenvalue weighted by Crippen LogP contribution is -2.40. The van der Waals surface area contributed by atoms with Crippen LogP contribution in [0.5, 0.6) is 0 Å². The summed E-state index contributed by atoms with van der Waals surface area (Å²) in [4.78, 5) is 4.90. The van der Waals surface area contributed by atoms with Crippen molar-refractivity contribution < 1.29 is 9.47 Å². The van der Waals surface area contributed by atoms with Gasteiger partial charge in [-0.1, -0.05) is 43.2 Å². The van der Waals surface area contributed by atoms with Gasteiger partial charge in [-0.25, -0.2) is 0 Å². The molecule has 2 rings (SSSR count). The molecule has 0 radical (unpaired) electrons. The van der Waals surface area contributed by atoms with Crippen LogP contribution in [0.15, 0.2) is 35.3 Å². The summed E-state index contributed by atoms with van der Waals surface area (Å²) in [5, 5.41) is 6.81. The van der Waals surface area contributed by atoms with Gasteiger partial charge in [-0.05, 0) is 37.2 Å². The van der Waals surface area contributed by atoms with Crippen molar-refractivity contribution in [3.05, 3.63) is 35.9 Å². The molecule has 5 nitrogen and oxygen atoms in total. The molecule has 26 heavy (non-hydrogen) atoms. The predicted octanol–water partition coefficient (Wildman–Crippen LogP) is 3.53. The lowest BCUT2D eigenvalue weighted by Gasteiger charge is -2.27. The highest BCUT2D eigenvalue weighted by Crippen LogP contribution is 2.41. The van der Waals surface area contributed by atoms with Gasteiger partial charge < -0.3 is 20.1 Å². The SMILES string of the molecule is CCNC(=NCC1(CCOC)CCCC1)NCC(OC)c1ccccc1. The predicted molar refractivity (Wildman–Crippen MR) is 108 cm³/mol. The van der Waals surface area contributed by atoms with Gasteiger partial charge in [0.15, 0.2) is 5.96 Å². The van der Waals surface area contributed by atoms with Gasteiger partial charge in [0.1, 0.15) is 0 Å². The fourth-order valence-corrected chi connectivity index (χ4v) is 3.71. The molecule has 0 heterocycles. The first-order valence-electron chi connectivity index (χ1n) is 9.82. The lowest BCUT2D eigenvalue weighted by atomic mass is 9.83. The molecule has 2 N–H and O–H groups in total. The summed E-state index contributed by atoms with van der Waals surface area (Å²) in [5.74, 6) is 0.870. The van der Waals surface area contributed by atoms with E-state index in [9.17, 15) is 0 Å². The molecular formula is C21H35N3O2. The average Bonchev–Trinajstić information content (AvgIpc) is 3.15. The second-order valence-corrected chi connectivity index (χ2v) is 7.16. The maximum Gasteiger partial charge on any atom is 0.191 e. The summed E-state index contributed by atoms with van der Waals surface area (Å²) < 4.78 is 11.0. The number of hydrogen-bond donors (Lipinski definition) is 2. The Kier molecular flexibility index (Phi) is 8.92. The van der Waals surface area contributed by atoms with E-state index >= 15 is 0 Å². The first-order chi connectivity index (χ1) is 12.7. The van der Waals surface area contributed by atoms with Crippen molar-refractivity contribution in [3.63, 3.8) is 0 Å². The van der Waals surface area contributed by atoms with E-state index < -0.39 is 0 Å². The molecule has 0 aliphatic heterocycles. The van der Waals surface area contributed by atoms with Crippen LogP contribution in [-0.2, 0) is 9.47 Å². The molecule has 1 aromatic carbocycles. The minimum atomic E-state index is 0.00832. The van der Waals surface area contributed by atoms with Crippen molar-refractivity contribution in [3.8, 4) is 0 Å². The van der Waals surface area contributed by atoms with Crippen molar-refractivity contribution in [1.29, 1.82) is 0 Å². The minimum Gasteiger partial charge on any atom is -0.385 e. The minimum absolute atomic E-state index is 0.00832. The van der Waals surface area contributed by atoms with Crippen molar-refractivity contribution in [2.45, 2.75) is 45.1 Å². The quantitative estimate of drug-likeness (QED) is 0.494. The van der Waals surface area contributed by atoms with Crippen LogP contribution in [0.25, 0.3) is 0 Å². The molecule has 0 saturated heterocycles. The van der Waals surface area contributed by atoms with E-state index in [0.29, 0.717) is 12.0 Å². The largest absolute Gasteiger partial charge is 0.385 e. The van der Waals surface area contributed by atoms with Gasteiger partial charge in [0.2, 0.25) is 0 Å². The number of rotatable bonds is 10.